The molecular formula is C15H16BrN3O. The van der Waals surface area contributed by atoms with Gasteiger partial charge in [-0.2, -0.15) is 0 Å². The van der Waals surface area contributed by atoms with E-state index in [1.165, 1.54) is 5.56 Å². The lowest BCUT2D eigenvalue weighted by Gasteiger charge is -2.20. The zero-order valence-corrected chi connectivity index (χ0v) is 12.7. The van der Waals surface area contributed by atoms with Crippen molar-refractivity contribution in [3.8, 4) is 0 Å². The highest BCUT2D eigenvalue weighted by molar-refractivity contribution is 9.10. The van der Waals surface area contributed by atoms with E-state index < -0.39 is 0 Å². The highest BCUT2D eigenvalue weighted by Gasteiger charge is 2.15. The van der Waals surface area contributed by atoms with E-state index in [0.29, 0.717) is 6.42 Å². The first-order valence-corrected chi connectivity index (χ1v) is 7.54. The van der Waals surface area contributed by atoms with Gasteiger partial charge in [0.1, 0.15) is 0 Å². The van der Waals surface area contributed by atoms with E-state index >= 15 is 0 Å². The van der Waals surface area contributed by atoms with Gasteiger partial charge in [0, 0.05) is 48.7 Å². The van der Waals surface area contributed by atoms with Crippen molar-refractivity contribution in [2.75, 3.05) is 19.6 Å². The third kappa shape index (κ3) is 2.99. The Morgan fingerprint density at radius 1 is 1.35 bits per heavy atom. The number of carbonyl (C=O) groups is 1. The Bertz CT molecular complexity index is 644. The van der Waals surface area contributed by atoms with Crippen LogP contribution in [0.3, 0.4) is 0 Å². The number of halogens is 1. The predicted molar refractivity (Wildman–Crippen MR) is 82.3 cm³/mol. The van der Waals surface area contributed by atoms with Crippen molar-refractivity contribution in [3.63, 3.8) is 0 Å². The van der Waals surface area contributed by atoms with Crippen LogP contribution in [0.4, 0.5) is 0 Å². The quantitative estimate of drug-likeness (QED) is 0.917. The Labute approximate surface area is 126 Å². The largest absolute Gasteiger partial charge is 0.355 e. The topological polar surface area (TPSA) is 45.2 Å². The number of aromatic nitrogens is 1. The van der Waals surface area contributed by atoms with Gasteiger partial charge in [-0.3, -0.25) is 14.7 Å². The molecule has 4 nitrogen and oxygen atoms in total. The van der Waals surface area contributed by atoms with Gasteiger partial charge in [0.05, 0.1) is 5.52 Å². The van der Waals surface area contributed by atoms with E-state index in [9.17, 15) is 4.79 Å². The molecule has 3 rings (SSSR count). The number of hydrogen-bond donors (Lipinski definition) is 1. The Morgan fingerprint density at radius 3 is 3.15 bits per heavy atom. The van der Waals surface area contributed by atoms with Crippen molar-refractivity contribution in [1.29, 1.82) is 0 Å². The van der Waals surface area contributed by atoms with Crippen LogP contribution in [-0.2, 0) is 11.3 Å². The molecule has 0 bridgehead atoms. The number of fused-ring (bicyclic) bond motifs is 1. The fourth-order valence-corrected chi connectivity index (χ4v) is 3.08. The molecule has 0 saturated carbocycles. The zero-order chi connectivity index (χ0) is 13.9. The van der Waals surface area contributed by atoms with E-state index in [1.54, 1.807) is 0 Å². The van der Waals surface area contributed by atoms with Gasteiger partial charge >= 0.3 is 0 Å². The molecule has 1 aromatic heterocycles. The fourth-order valence-electron chi connectivity index (χ4n) is 2.56. The Hall–Kier alpha value is -1.46. The third-order valence-electron chi connectivity index (χ3n) is 3.55. The zero-order valence-electron chi connectivity index (χ0n) is 11.1. The standard InChI is InChI=1S/C15H16BrN3O/c16-13-8-11-2-1-4-18-15(11)12(9-13)10-19-6-3-14(20)17-5-7-19/h1-2,4,8-9H,3,5-7,10H2,(H,17,20). The Morgan fingerprint density at radius 2 is 2.25 bits per heavy atom. The van der Waals surface area contributed by atoms with Crippen LogP contribution in [0.5, 0.6) is 0 Å². The average molecular weight is 334 g/mol. The van der Waals surface area contributed by atoms with Gasteiger partial charge in [-0.15, -0.1) is 0 Å². The number of carbonyl (C=O) groups excluding carboxylic acids is 1. The monoisotopic (exact) mass is 333 g/mol. The Balaban J connectivity index is 1.88. The molecule has 20 heavy (non-hydrogen) atoms. The molecule has 0 aliphatic carbocycles. The molecule has 1 amide bonds. The summed E-state index contributed by atoms with van der Waals surface area (Å²) in [5.41, 5.74) is 2.24. The van der Waals surface area contributed by atoms with Crippen molar-refractivity contribution in [1.82, 2.24) is 15.2 Å². The van der Waals surface area contributed by atoms with Crippen LogP contribution in [0.1, 0.15) is 12.0 Å². The minimum atomic E-state index is 0.143. The molecule has 0 atom stereocenters. The van der Waals surface area contributed by atoms with Crippen LogP contribution in [0.2, 0.25) is 0 Å². The molecule has 104 valence electrons. The molecule has 5 heteroatoms. The second kappa shape index (κ2) is 5.89. The molecular weight excluding hydrogens is 318 g/mol. The summed E-state index contributed by atoms with van der Waals surface area (Å²) in [7, 11) is 0. The van der Waals surface area contributed by atoms with E-state index in [2.05, 4.69) is 49.3 Å². The smallest absolute Gasteiger partial charge is 0.221 e. The van der Waals surface area contributed by atoms with E-state index in [-0.39, 0.29) is 5.91 Å². The first kappa shape index (κ1) is 13.5. The molecule has 0 radical (unpaired) electrons. The van der Waals surface area contributed by atoms with E-state index in [1.807, 2.05) is 12.3 Å². The van der Waals surface area contributed by atoms with Gasteiger partial charge in [-0.25, -0.2) is 0 Å². The molecule has 1 fully saturated rings. The van der Waals surface area contributed by atoms with Gasteiger partial charge in [0.2, 0.25) is 5.91 Å². The maximum atomic E-state index is 11.4. The number of benzene rings is 1. The summed E-state index contributed by atoms with van der Waals surface area (Å²) in [5.74, 6) is 0.143. The summed E-state index contributed by atoms with van der Waals surface area (Å²) in [6, 6.07) is 8.23. The van der Waals surface area contributed by atoms with Crippen LogP contribution in [0, 0.1) is 0 Å². The molecule has 2 aromatic rings. The van der Waals surface area contributed by atoms with Gasteiger partial charge in [-0.05, 0) is 23.8 Å². The maximum absolute atomic E-state index is 11.4. The highest BCUT2D eigenvalue weighted by Crippen LogP contribution is 2.24. The predicted octanol–water partition coefficient (Wildman–Crippen LogP) is 2.32. The lowest BCUT2D eigenvalue weighted by Crippen LogP contribution is -2.28. The minimum absolute atomic E-state index is 0.143. The van der Waals surface area contributed by atoms with Gasteiger partial charge in [-0.1, -0.05) is 22.0 Å². The van der Waals surface area contributed by atoms with Crippen molar-refractivity contribution in [2.45, 2.75) is 13.0 Å². The number of rotatable bonds is 2. The van der Waals surface area contributed by atoms with Gasteiger partial charge in [0.25, 0.3) is 0 Å². The number of hydrogen-bond acceptors (Lipinski definition) is 3. The van der Waals surface area contributed by atoms with E-state index in [0.717, 1.165) is 41.6 Å². The second-order valence-electron chi connectivity index (χ2n) is 5.02. The summed E-state index contributed by atoms with van der Waals surface area (Å²) in [6.45, 7) is 3.22. The van der Waals surface area contributed by atoms with Crippen molar-refractivity contribution >= 4 is 32.7 Å². The SMILES string of the molecule is O=C1CCN(Cc2cc(Br)cc3cccnc23)CCN1. The summed E-state index contributed by atoms with van der Waals surface area (Å²) in [6.07, 6.45) is 2.40. The van der Waals surface area contributed by atoms with E-state index in [4.69, 9.17) is 0 Å². The molecule has 2 heterocycles. The van der Waals surface area contributed by atoms with Crippen LogP contribution < -0.4 is 5.32 Å². The van der Waals surface area contributed by atoms with Crippen LogP contribution >= 0.6 is 15.9 Å². The molecule has 0 spiro atoms. The first-order valence-electron chi connectivity index (χ1n) is 6.74. The first-order chi connectivity index (χ1) is 9.72. The van der Waals surface area contributed by atoms with Gasteiger partial charge < -0.3 is 5.32 Å². The van der Waals surface area contributed by atoms with Gasteiger partial charge in [0.15, 0.2) is 0 Å². The van der Waals surface area contributed by atoms with Crippen molar-refractivity contribution < 1.29 is 4.79 Å². The maximum Gasteiger partial charge on any atom is 0.221 e. The molecule has 0 unspecified atom stereocenters. The summed E-state index contributed by atoms with van der Waals surface area (Å²) < 4.78 is 1.07. The number of nitrogens with one attached hydrogen (secondary N) is 1. The summed E-state index contributed by atoms with van der Waals surface area (Å²) >= 11 is 3.56. The average Bonchev–Trinajstić information content (AvgIpc) is 2.64. The van der Waals surface area contributed by atoms with Crippen molar-refractivity contribution in [2.24, 2.45) is 0 Å². The highest BCUT2D eigenvalue weighted by atomic mass is 79.9. The lowest BCUT2D eigenvalue weighted by molar-refractivity contribution is -0.120. The Kier molecular flexibility index (Phi) is 3.98. The number of amides is 1. The summed E-state index contributed by atoms with van der Waals surface area (Å²) in [4.78, 5) is 18.2. The molecule has 1 aliphatic heterocycles. The molecule has 1 aromatic carbocycles. The summed E-state index contributed by atoms with van der Waals surface area (Å²) in [5, 5.41) is 4.04. The van der Waals surface area contributed by atoms with Crippen LogP contribution in [0.25, 0.3) is 10.9 Å². The fraction of sp³-hybridized carbons (Fsp3) is 0.333. The molecule has 1 aliphatic rings. The third-order valence-corrected chi connectivity index (χ3v) is 4.01. The minimum Gasteiger partial charge on any atom is -0.355 e. The molecule has 1 saturated heterocycles. The lowest BCUT2D eigenvalue weighted by atomic mass is 10.1. The normalized spacial score (nSPS) is 16.9. The second-order valence-corrected chi connectivity index (χ2v) is 5.93. The van der Waals surface area contributed by atoms with Crippen LogP contribution in [0.15, 0.2) is 34.9 Å². The molecule has 1 N–H and O–H groups in total. The number of nitrogens with zero attached hydrogens (tertiary/aromatic N) is 2. The number of pyridine rings is 1. The van der Waals surface area contributed by atoms with Crippen LogP contribution in [-0.4, -0.2) is 35.4 Å². The van der Waals surface area contributed by atoms with Crippen molar-refractivity contribution in [3.05, 3.63) is 40.5 Å².